The van der Waals surface area contributed by atoms with Gasteiger partial charge in [0.1, 0.15) is 36.3 Å². The number of imidazole rings is 1. The summed E-state index contributed by atoms with van der Waals surface area (Å²) in [7, 11) is -1.59. The van der Waals surface area contributed by atoms with E-state index in [9.17, 15) is 4.79 Å². The Kier molecular flexibility index (Phi) is 7.42. The Morgan fingerprint density at radius 3 is 2.67 bits per heavy atom. The minimum atomic E-state index is -1.59. The van der Waals surface area contributed by atoms with E-state index in [1.165, 1.54) is 6.33 Å². The normalized spacial score (nSPS) is 26.7. The summed E-state index contributed by atoms with van der Waals surface area (Å²) in [5.41, 5.74) is -0.229. The fourth-order valence-electron chi connectivity index (χ4n) is 5.91. The van der Waals surface area contributed by atoms with Crippen LogP contribution in [0.25, 0.3) is 16.0 Å². The molecular weight excluding hydrogens is 557 g/mol. The van der Waals surface area contributed by atoms with Crippen molar-refractivity contribution in [3.63, 3.8) is 0 Å². The van der Waals surface area contributed by atoms with Gasteiger partial charge in [0, 0.05) is 19.0 Å². The van der Waals surface area contributed by atoms with E-state index in [1.54, 1.807) is 35.2 Å². The third kappa shape index (κ3) is 4.88. The van der Waals surface area contributed by atoms with Crippen LogP contribution in [-0.2, 0) is 18.5 Å². The lowest BCUT2D eigenvalue weighted by Crippen LogP contribution is -2.47. The van der Waals surface area contributed by atoms with Crippen molar-refractivity contribution >= 4 is 31.4 Å². The maximum Gasteiger partial charge on any atom is 0.259 e. The first kappa shape index (κ1) is 27.8. The molecule has 12 nitrogen and oxygen atoms in total. The maximum atomic E-state index is 12.9. The number of rotatable bonds is 11. The molecule has 1 aromatic carbocycles. The van der Waals surface area contributed by atoms with E-state index < -0.39 is 38.2 Å². The maximum absolute atomic E-state index is 12.9. The highest BCUT2D eigenvalue weighted by molar-refractivity contribution is 7.44. The average molecular weight is 595 g/mol. The molecule has 3 aromatic rings. The average Bonchev–Trinajstić information content (AvgIpc) is 3.42. The Balaban J connectivity index is 1.32. The van der Waals surface area contributed by atoms with Gasteiger partial charge in [-0.3, -0.25) is 9.36 Å². The van der Waals surface area contributed by atoms with Gasteiger partial charge in [-0.1, -0.05) is 18.2 Å². The number of nitrogens with one attached hydrogen (secondary N) is 1. The number of hydrogen-bond donors (Lipinski definition) is 1. The number of fused-ring (bicyclic) bond motifs is 4. The van der Waals surface area contributed by atoms with Crippen LogP contribution in [0.4, 0.5) is 5.82 Å². The standard InChI is InChI=1S/C29H36N7O5P/c1-18(2)36(19(3)4)42(38-15-14-30-6)41-23-22-27(40-28(23,5)29(39-22)12-13-29)35-17-33-21-24(31-16-32-25(21)35)34-26(37)20-10-8-7-9-11-20/h7-11,16-19,22-23,27H,12-15H2,1-5H3,(H,31,32,34,37)/t22-,23+,27-,28-,42?/m1/s1/i5D. The van der Waals surface area contributed by atoms with Gasteiger partial charge in [-0.25, -0.2) is 26.2 Å². The van der Waals surface area contributed by atoms with Crippen LogP contribution in [0, 0.1) is 6.57 Å². The number of amides is 1. The van der Waals surface area contributed by atoms with Crippen LogP contribution in [0.5, 0.6) is 0 Å². The first-order chi connectivity index (χ1) is 20.7. The zero-order valence-electron chi connectivity index (χ0n) is 25.1. The molecule has 1 spiro atoms. The smallest absolute Gasteiger partial charge is 0.259 e. The first-order valence-corrected chi connectivity index (χ1v) is 15.3. The number of anilines is 1. The summed E-state index contributed by atoms with van der Waals surface area (Å²) in [6, 6.07) is 9.12. The molecule has 2 saturated heterocycles. The van der Waals surface area contributed by atoms with E-state index in [4.69, 9.17) is 26.5 Å². The molecule has 3 fully saturated rings. The summed E-state index contributed by atoms with van der Waals surface area (Å²) < 4.78 is 39.2. The van der Waals surface area contributed by atoms with Crippen molar-refractivity contribution in [2.75, 3.05) is 18.5 Å². The predicted molar refractivity (Wildman–Crippen MR) is 156 cm³/mol. The molecule has 2 aromatic heterocycles. The van der Waals surface area contributed by atoms with Crippen molar-refractivity contribution in [2.24, 2.45) is 0 Å². The molecule has 1 saturated carbocycles. The predicted octanol–water partition coefficient (Wildman–Crippen LogP) is 4.96. The highest BCUT2D eigenvalue weighted by Gasteiger charge is 2.77. The molecule has 42 heavy (non-hydrogen) atoms. The monoisotopic (exact) mass is 594 g/mol. The van der Waals surface area contributed by atoms with Crippen LogP contribution in [0.15, 0.2) is 43.0 Å². The Labute approximate surface area is 247 Å². The van der Waals surface area contributed by atoms with E-state index in [0.29, 0.717) is 16.7 Å². The minimum Gasteiger partial charge on any atom is -0.361 e. The van der Waals surface area contributed by atoms with Crippen molar-refractivity contribution < 1.29 is 24.7 Å². The molecule has 13 heteroatoms. The summed E-state index contributed by atoms with van der Waals surface area (Å²) in [4.78, 5) is 29.6. The van der Waals surface area contributed by atoms with Gasteiger partial charge < -0.3 is 28.7 Å². The molecule has 1 aliphatic carbocycles. The topological polar surface area (TPSA) is 117 Å². The number of aromatic nitrogens is 4. The third-order valence-corrected chi connectivity index (χ3v) is 10.1. The Morgan fingerprint density at radius 2 is 2.00 bits per heavy atom. The molecular formula is C29H36N7O5P. The van der Waals surface area contributed by atoms with Gasteiger partial charge in [0.25, 0.3) is 14.4 Å². The number of nitrogens with zero attached hydrogens (tertiary/aromatic N) is 6. The van der Waals surface area contributed by atoms with Crippen LogP contribution in [0.2, 0.25) is 0 Å². The van der Waals surface area contributed by atoms with Crippen LogP contribution in [0.3, 0.4) is 0 Å². The molecule has 1 amide bonds. The second-order valence-electron chi connectivity index (χ2n) is 11.4. The SMILES string of the molecule is [2H]C[C@]12O[C@@H](n3cnc4c(NC(=O)c5ccccc5)ncnc43)[C@H](OC13CC3)[C@@H]2OP(OCC[N+]#[C-])N(C(C)C)C(C)C. The number of carbonyl (C=O) groups is 1. The molecule has 3 aliphatic rings. The van der Waals surface area contributed by atoms with Gasteiger partial charge >= 0.3 is 0 Å². The van der Waals surface area contributed by atoms with Crippen molar-refractivity contribution in [2.45, 2.75) is 89.2 Å². The van der Waals surface area contributed by atoms with E-state index >= 15 is 0 Å². The lowest BCUT2D eigenvalue weighted by atomic mass is 9.93. The van der Waals surface area contributed by atoms with Crippen molar-refractivity contribution in [1.29, 1.82) is 0 Å². The van der Waals surface area contributed by atoms with Gasteiger partial charge in [0.05, 0.1) is 6.33 Å². The highest BCUT2D eigenvalue weighted by atomic mass is 31.2. The highest BCUT2D eigenvalue weighted by Crippen LogP contribution is 2.67. The lowest BCUT2D eigenvalue weighted by molar-refractivity contribution is -0.216. The van der Waals surface area contributed by atoms with E-state index in [-0.39, 0.29) is 43.9 Å². The molecule has 222 valence electrons. The molecule has 1 unspecified atom stereocenters. The number of ether oxygens (including phenoxy) is 2. The number of carbonyl (C=O) groups excluding carboxylic acids is 1. The Hall–Kier alpha value is -3.04. The number of benzene rings is 1. The van der Waals surface area contributed by atoms with E-state index in [2.05, 4.69) is 57.5 Å². The van der Waals surface area contributed by atoms with Gasteiger partial charge in [-0.15, -0.1) is 0 Å². The summed E-state index contributed by atoms with van der Waals surface area (Å²) in [6.07, 6.45) is 2.72. The molecule has 6 rings (SSSR count). The first-order valence-electron chi connectivity index (χ1n) is 14.9. The van der Waals surface area contributed by atoms with Gasteiger partial charge in [-0.2, -0.15) is 0 Å². The van der Waals surface area contributed by atoms with Crippen molar-refractivity contribution in [3.8, 4) is 0 Å². The zero-order chi connectivity index (χ0) is 30.4. The third-order valence-electron chi connectivity index (χ3n) is 7.96. The van der Waals surface area contributed by atoms with Crippen molar-refractivity contribution in [1.82, 2.24) is 24.2 Å². The van der Waals surface area contributed by atoms with Gasteiger partial charge in [0.2, 0.25) is 6.54 Å². The van der Waals surface area contributed by atoms with Crippen LogP contribution in [-0.4, -0.2) is 78.7 Å². The second kappa shape index (κ2) is 11.2. The minimum absolute atomic E-state index is 0.0563. The summed E-state index contributed by atoms with van der Waals surface area (Å²) >= 11 is 0. The second-order valence-corrected chi connectivity index (χ2v) is 12.8. The summed E-state index contributed by atoms with van der Waals surface area (Å²) in [6.45, 7) is 16.0. The molecule has 2 bridgehead atoms. The van der Waals surface area contributed by atoms with Crippen LogP contribution >= 0.6 is 8.53 Å². The summed E-state index contributed by atoms with van der Waals surface area (Å²) in [5.74, 6) is -0.0250. The van der Waals surface area contributed by atoms with Crippen LogP contribution in [0.1, 0.15) is 65.4 Å². The fourth-order valence-corrected chi connectivity index (χ4v) is 7.69. The Bertz CT molecular complexity index is 1510. The molecule has 0 radical (unpaired) electrons. The zero-order valence-corrected chi connectivity index (χ0v) is 25.0. The quantitative estimate of drug-likeness (QED) is 0.187. The lowest BCUT2D eigenvalue weighted by Gasteiger charge is -2.39. The largest absolute Gasteiger partial charge is 0.361 e. The van der Waals surface area contributed by atoms with Crippen LogP contribution < -0.4 is 5.32 Å². The number of hydrogen-bond acceptors (Lipinski definition) is 9. The molecule has 5 atom stereocenters. The molecule has 2 aliphatic heterocycles. The Morgan fingerprint density at radius 1 is 1.24 bits per heavy atom. The van der Waals surface area contributed by atoms with E-state index in [0.717, 1.165) is 12.8 Å². The van der Waals surface area contributed by atoms with Gasteiger partial charge in [0.15, 0.2) is 23.2 Å². The van der Waals surface area contributed by atoms with E-state index in [1.807, 2.05) is 6.07 Å². The fraction of sp³-hybridized carbons (Fsp3) is 0.552. The molecule has 1 N–H and O–H groups in total. The van der Waals surface area contributed by atoms with Crippen molar-refractivity contribution in [3.05, 3.63) is 60.0 Å². The molecule has 4 heterocycles. The summed E-state index contributed by atoms with van der Waals surface area (Å²) in [5, 5.41) is 2.84. The van der Waals surface area contributed by atoms with Gasteiger partial charge in [-0.05, 0) is 59.6 Å².